The van der Waals surface area contributed by atoms with Crippen LogP contribution in [-0.4, -0.2) is 28.1 Å². The predicted octanol–water partition coefficient (Wildman–Crippen LogP) is 1.81. The molecule has 2 N–H and O–H groups in total. The van der Waals surface area contributed by atoms with Crippen molar-refractivity contribution in [3.05, 3.63) is 35.9 Å². The van der Waals surface area contributed by atoms with E-state index < -0.39 is 0 Å². The third-order valence-corrected chi connectivity index (χ3v) is 3.84. The maximum Gasteiger partial charge on any atom is 0.230 e. The number of benzene rings is 1. The lowest BCUT2D eigenvalue weighted by Gasteiger charge is -2.13. The lowest BCUT2D eigenvalue weighted by atomic mass is 10.2. The van der Waals surface area contributed by atoms with Gasteiger partial charge in [-0.15, -0.1) is 11.8 Å². The van der Waals surface area contributed by atoms with Crippen molar-refractivity contribution in [2.75, 3.05) is 5.75 Å². The zero-order chi connectivity index (χ0) is 12.7. The molecule has 2 unspecified atom stereocenters. The molecule has 3 nitrogen and oxygen atoms in total. The van der Waals surface area contributed by atoms with Gasteiger partial charge in [-0.2, -0.15) is 0 Å². The minimum atomic E-state index is -0.387. The van der Waals surface area contributed by atoms with E-state index in [1.807, 2.05) is 37.3 Å². The Kier molecular flexibility index (Phi) is 6.08. The lowest BCUT2D eigenvalue weighted by molar-refractivity contribution is -0.118. The molecule has 0 heterocycles. The molecule has 1 rings (SSSR count). The summed E-state index contributed by atoms with van der Waals surface area (Å²) in [5, 5.41) is 12.2. The quantitative estimate of drug-likeness (QED) is 0.813. The number of aliphatic hydroxyl groups is 1. The number of amides is 1. The highest BCUT2D eigenvalue weighted by Crippen LogP contribution is 2.13. The van der Waals surface area contributed by atoms with E-state index in [9.17, 15) is 9.90 Å². The highest BCUT2D eigenvalue weighted by atomic mass is 32.2. The standard InChI is InChI=1S/C13H19NO2S/c1-10(15)11(2)17-9-13(16)14-8-12-6-4-3-5-7-12/h3-7,10-11,15H,8-9H2,1-2H3,(H,14,16). The van der Waals surface area contributed by atoms with Crippen molar-refractivity contribution in [2.45, 2.75) is 31.7 Å². The zero-order valence-electron chi connectivity index (χ0n) is 10.2. The largest absolute Gasteiger partial charge is 0.392 e. The van der Waals surface area contributed by atoms with Crippen molar-refractivity contribution in [3.63, 3.8) is 0 Å². The molecule has 0 saturated heterocycles. The molecule has 0 spiro atoms. The first-order chi connectivity index (χ1) is 8.09. The van der Waals surface area contributed by atoms with Gasteiger partial charge < -0.3 is 10.4 Å². The van der Waals surface area contributed by atoms with Crippen LogP contribution in [0.15, 0.2) is 30.3 Å². The number of hydrogen-bond acceptors (Lipinski definition) is 3. The molecule has 1 aromatic rings. The average Bonchev–Trinajstić information content (AvgIpc) is 2.34. The van der Waals surface area contributed by atoms with Gasteiger partial charge >= 0.3 is 0 Å². The van der Waals surface area contributed by atoms with Crippen LogP contribution in [0.25, 0.3) is 0 Å². The Balaban J connectivity index is 2.22. The highest BCUT2D eigenvalue weighted by Gasteiger charge is 2.11. The molecule has 0 bridgehead atoms. The molecular weight excluding hydrogens is 234 g/mol. The predicted molar refractivity (Wildman–Crippen MR) is 71.9 cm³/mol. The lowest BCUT2D eigenvalue weighted by Crippen LogP contribution is -2.26. The molecule has 0 aliphatic rings. The number of hydrogen-bond donors (Lipinski definition) is 2. The van der Waals surface area contributed by atoms with E-state index in [1.165, 1.54) is 11.8 Å². The van der Waals surface area contributed by atoms with E-state index in [4.69, 9.17) is 0 Å². The third kappa shape index (κ3) is 5.75. The van der Waals surface area contributed by atoms with Gasteiger partial charge in [0.15, 0.2) is 0 Å². The first kappa shape index (κ1) is 14.1. The summed E-state index contributed by atoms with van der Waals surface area (Å²) >= 11 is 1.47. The molecule has 0 aromatic heterocycles. The van der Waals surface area contributed by atoms with Crippen molar-refractivity contribution >= 4 is 17.7 Å². The Bertz CT molecular complexity index is 341. The first-order valence-corrected chi connectivity index (χ1v) is 6.74. The van der Waals surface area contributed by atoms with Crippen molar-refractivity contribution < 1.29 is 9.90 Å². The summed E-state index contributed by atoms with van der Waals surface area (Å²) in [6.07, 6.45) is -0.387. The van der Waals surface area contributed by atoms with E-state index in [2.05, 4.69) is 5.32 Å². The Morgan fingerprint density at radius 3 is 2.59 bits per heavy atom. The van der Waals surface area contributed by atoms with Crippen LogP contribution < -0.4 is 5.32 Å². The monoisotopic (exact) mass is 253 g/mol. The van der Waals surface area contributed by atoms with E-state index in [-0.39, 0.29) is 17.3 Å². The second kappa shape index (κ2) is 7.35. The van der Waals surface area contributed by atoms with Crippen LogP contribution in [0.4, 0.5) is 0 Å². The molecule has 2 atom stereocenters. The minimum Gasteiger partial charge on any atom is -0.392 e. The summed E-state index contributed by atoms with van der Waals surface area (Å²) in [5.41, 5.74) is 1.09. The van der Waals surface area contributed by atoms with Crippen LogP contribution in [0.2, 0.25) is 0 Å². The Morgan fingerprint density at radius 2 is 2.00 bits per heavy atom. The topological polar surface area (TPSA) is 49.3 Å². The van der Waals surface area contributed by atoms with Crippen LogP contribution in [-0.2, 0) is 11.3 Å². The maximum atomic E-state index is 11.5. The van der Waals surface area contributed by atoms with E-state index in [1.54, 1.807) is 6.92 Å². The van der Waals surface area contributed by atoms with Crippen molar-refractivity contribution in [1.82, 2.24) is 5.32 Å². The fourth-order valence-corrected chi connectivity index (χ4v) is 1.99. The van der Waals surface area contributed by atoms with Crippen molar-refractivity contribution in [1.29, 1.82) is 0 Å². The molecule has 0 radical (unpaired) electrons. The van der Waals surface area contributed by atoms with Gasteiger partial charge in [0.2, 0.25) is 5.91 Å². The summed E-state index contributed by atoms with van der Waals surface area (Å²) in [6, 6.07) is 9.81. The van der Waals surface area contributed by atoms with Gasteiger partial charge in [-0.25, -0.2) is 0 Å². The number of rotatable bonds is 6. The van der Waals surface area contributed by atoms with Gasteiger partial charge in [0.1, 0.15) is 0 Å². The Labute approximate surface area is 107 Å². The zero-order valence-corrected chi connectivity index (χ0v) is 11.0. The summed E-state index contributed by atoms with van der Waals surface area (Å²) in [5.74, 6) is 0.394. The third-order valence-electron chi connectivity index (χ3n) is 2.49. The molecule has 0 aliphatic carbocycles. The smallest absolute Gasteiger partial charge is 0.230 e. The normalized spacial score (nSPS) is 14.1. The van der Waals surface area contributed by atoms with Crippen LogP contribution >= 0.6 is 11.8 Å². The van der Waals surface area contributed by atoms with Crippen LogP contribution in [0, 0.1) is 0 Å². The molecule has 0 saturated carbocycles. The highest BCUT2D eigenvalue weighted by molar-refractivity contribution is 8.00. The molecule has 0 fully saturated rings. The van der Waals surface area contributed by atoms with Gasteiger partial charge in [0, 0.05) is 11.8 Å². The van der Waals surface area contributed by atoms with E-state index in [0.717, 1.165) is 5.56 Å². The first-order valence-electron chi connectivity index (χ1n) is 5.70. The fraction of sp³-hybridized carbons (Fsp3) is 0.462. The summed E-state index contributed by atoms with van der Waals surface area (Å²) in [4.78, 5) is 11.5. The number of carbonyl (C=O) groups excluding carboxylic acids is 1. The maximum absolute atomic E-state index is 11.5. The Hall–Kier alpha value is -1.00. The van der Waals surface area contributed by atoms with Crippen LogP contribution in [0.1, 0.15) is 19.4 Å². The van der Waals surface area contributed by atoms with E-state index >= 15 is 0 Å². The summed E-state index contributed by atoms with van der Waals surface area (Å²) in [6.45, 7) is 4.21. The molecule has 1 amide bonds. The van der Waals surface area contributed by atoms with Crippen molar-refractivity contribution in [2.24, 2.45) is 0 Å². The Morgan fingerprint density at radius 1 is 1.35 bits per heavy atom. The second-order valence-corrected chi connectivity index (χ2v) is 5.38. The van der Waals surface area contributed by atoms with Crippen LogP contribution in [0.5, 0.6) is 0 Å². The van der Waals surface area contributed by atoms with Crippen LogP contribution in [0.3, 0.4) is 0 Å². The number of aliphatic hydroxyl groups excluding tert-OH is 1. The van der Waals surface area contributed by atoms with Gasteiger partial charge in [-0.05, 0) is 12.5 Å². The van der Waals surface area contributed by atoms with Gasteiger partial charge in [0.05, 0.1) is 11.9 Å². The summed E-state index contributed by atoms with van der Waals surface area (Å²) in [7, 11) is 0. The summed E-state index contributed by atoms with van der Waals surface area (Å²) < 4.78 is 0. The molecular formula is C13H19NO2S. The van der Waals surface area contributed by atoms with Gasteiger partial charge in [-0.1, -0.05) is 37.3 Å². The van der Waals surface area contributed by atoms with Crippen molar-refractivity contribution in [3.8, 4) is 0 Å². The molecule has 0 aliphatic heterocycles. The molecule has 94 valence electrons. The van der Waals surface area contributed by atoms with Gasteiger partial charge in [-0.3, -0.25) is 4.79 Å². The molecule has 17 heavy (non-hydrogen) atoms. The number of carbonyl (C=O) groups is 1. The molecule has 4 heteroatoms. The number of nitrogens with one attached hydrogen (secondary N) is 1. The SMILES string of the molecule is CC(O)C(C)SCC(=O)NCc1ccccc1. The average molecular weight is 253 g/mol. The van der Waals surface area contributed by atoms with Gasteiger partial charge in [0.25, 0.3) is 0 Å². The van der Waals surface area contributed by atoms with E-state index in [0.29, 0.717) is 12.3 Å². The second-order valence-electron chi connectivity index (χ2n) is 4.02. The molecule has 1 aromatic carbocycles. The number of thioether (sulfide) groups is 1. The fourth-order valence-electron chi connectivity index (χ4n) is 1.19. The minimum absolute atomic E-state index is 0.00588.